The lowest BCUT2D eigenvalue weighted by Gasteiger charge is -2.13. The maximum absolute atomic E-state index is 11.8. The van der Waals surface area contributed by atoms with Gasteiger partial charge in [-0.1, -0.05) is 55.4 Å². The zero-order valence-electron chi connectivity index (χ0n) is 13.8. The fraction of sp³-hybridized carbons (Fsp3) is 0.667. The van der Waals surface area contributed by atoms with Crippen molar-refractivity contribution in [1.82, 2.24) is 10.3 Å². The number of hydrogen-bond acceptors (Lipinski definition) is 4. The van der Waals surface area contributed by atoms with E-state index in [1.807, 2.05) is 18.2 Å². The first-order chi connectivity index (χ1) is 11.3. The fourth-order valence-electron chi connectivity index (χ4n) is 2.99. The first-order valence-electron chi connectivity index (χ1n) is 8.82. The van der Waals surface area contributed by atoms with Gasteiger partial charge in [-0.25, -0.2) is 4.98 Å². The minimum Gasteiger partial charge on any atom is -0.356 e. The van der Waals surface area contributed by atoms with Crippen LogP contribution in [-0.4, -0.2) is 23.2 Å². The molecule has 0 spiro atoms. The highest BCUT2D eigenvalue weighted by molar-refractivity contribution is 8.76. The molecule has 1 aliphatic carbocycles. The molecule has 0 aromatic carbocycles. The molecule has 0 atom stereocenters. The van der Waals surface area contributed by atoms with Crippen molar-refractivity contribution in [2.45, 2.75) is 62.8 Å². The summed E-state index contributed by atoms with van der Waals surface area (Å²) in [6, 6.07) is 5.89. The highest BCUT2D eigenvalue weighted by Gasteiger charge is 2.11. The molecule has 0 unspecified atom stereocenters. The normalized spacial score (nSPS) is 16.0. The van der Waals surface area contributed by atoms with E-state index in [0.717, 1.165) is 29.7 Å². The maximum atomic E-state index is 11.8. The molecule has 2 rings (SSSR count). The molecule has 1 amide bonds. The number of nitrogens with one attached hydrogen (secondary N) is 1. The molecule has 0 saturated heterocycles. The second-order valence-corrected chi connectivity index (χ2v) is 8.61. The summed E-state index contributed by atoms with van der Waals surface area (Å²) >= 11 is 0. The summed E-state index contributed by atoms with van der Waals surface area (Å²) in [5, 5.41) is 4.06. The van der Waals surface area contributed by atoms with Gasteiger partial charge in [0.25, 0.3) is 0 Å². The summed E-state index contributed by atoms with van der Waals surface area (Å²) in [6.45, 7) is 0.841. The Bertz CT molecular complexity index is 434. The van der Waals surface area contributed by atoms with Crippen molar-refractivity contribution in [2.75, 3.05) is 12.3 Å². The van der Waals surface area contributed by atoms with Gasteiger partial charge in [-0.3, -0.25) is 4.79 Å². The number of amides is 1. The van der Waals surface area contributed by atoms with Gasteiger partial charge in [0.2, 0.25) is 5.91 Å². The number of aromatic nitrogens is 1. The number of carbonyl (C=O) groups is 1. The third kappa shape index (κ3) is 8.66. The minimum atomic E-state index is 0.181. The van der Waals surface area contributed by atoms with Crippen LogP contribution in [0.2, 0.25) is 0 Å². The number of rotatable bonds is 9. The van der Waals surface area contributed by atoms with E-state index < -0.39 is 0 Å². The Morgan fingerprint density at radius 1 is 1.22 bits per heavy atom. The van der Waals surface area contributed by atoms with Crippen LogP contribution in [0, 0.1) is 5.92 Å². The van der Waals surface area contributed by atoms with Crippen molar-refractivity contribution in [1.29, 1.82) is 0 Å². The van der Waals surface area contributed by atoms with Crippen LogP contribution in [0.25, 0.3) is 0 Å². The molecule has 1 aromatic heterocycles. The van der Waals surface area contributed by atoms with Gasteiger partial charge in [-0.15, -0.1) is 0 Å². The Hall–Kier alpha value is -0.680. The average Bonchev–Trinajstić information content (AvgIpc) is 2.85. The van der Waals surface area contributed by atoms with Gasteiger partial charge < -0.3 is 5.32 Å². The molecule has 3 nitrogen and oxygen atoms in total. The van der Waals surface area contributed by atoms with Gasteiger partial charge in [-0.2, -0.15) is 0 Å². The van der Waals surface area contributed by atoms with E-state index in [4.69, 9.17) is 0 Å². The van der Waals surface area contributed by atoms with Gasteiger partial charge in [0, 0.05) is 24.9 Å². The molecule has 1 heterocycles. The Balaban J connectivity index is 1.45. The van der Waals surface area contributed by atoms with Crippen LogP contribution in [0.3, 0.4) is 0 Å². The van der Waals surface area contributed by atoms with Gasteiger partial charge in [0.05, 0.1) is 0 Å². The molecular weight excluding hydrogens is 324 g/mol. The first kappa shape index (κ1) is 18.7. The van der Waals surface area contributed by atoms with E-state index in [-0.39, 0.29) is 5.91 Å². The van der Waals surface area contributed by atoms with Crippen molar-refractivity contribution in [3.8, 4) is 0 Å². The molecule has 0 radical (unpaired) electrons. The predicted molar refractivity (Wildman–Crippen MR) is 101 cm³/mol. The van der Waals surface area contributed by atoms with Crippen molar-refractivity contribution < 1.29 is 4.79 Å². The molecule has 1 fully saturated rings. The van der Waals surface area contributed by atoms with Crippen LogP contribution in [0.4, 0.5) is 0 Å². The van der Waals surface area contributed by atoms with Crippen molar-refractivity contribution in [2.24, 2.45) is 5.92 Å². The van der Waals surface area contributed by atoms with Crippen LogP contribution >= 0.6 is 21.6 Å². The third-order valence-electron chi connectivity index (χ3n) is 4.28. The largest absolute Gasteiger partial charge is 0.356 e. The Morgan fingerprint density at radius 3 is 2.78 bits per heavy atom. The Labute approximate surface area is 148 Å². The van der Waals surface area contributed by atoms with Crippen LogP contribution in [-0.2, 0) is 4.79 Å². The smallest absolute Gasteiger partial charge is 0.220 e. The van der Waals surface area contributed by atoms with Crippen LogP contribution in [0.15, 0.2) is 29.4 Å². The SMILES string of the molecule is O=C(CCSSc1ccccn1)NCCCC1CCCCCC1. The van der Waals surface area contributed by atoms with Crippen LogP contribution in [0.5, 0.6) is 0 Å². The second-order valence-electron chi connectivity index (χ2n) is 6.17. The molecule has 23 heavy (non-hydrogen) atoms. The maximum Gasteiger partial charge on any atom is 0.220 e. The van der Waals surface area contributed by atoms with Gasteiger partial charge >= 0.3 is 0 Å². The van der Waals surface area contributed by atoms with E-state index in [2.05, 4.69) is 10.3 Å². The van der Waals surface area contributed by atoms with Crippen LogP contribution in [0.1, 0.15) is 57.8 Å². The molecule has 1 saturated carbocycles. The summed E-state index contributed by atoms with van der Waals surface area (Å²) in [4.78, 5) is 16.1. The van der Waals surface area contributed by atoms with E-state index in [1.54, 1.807) is 27.8 Å². The quantitative estimate of drug-likeness (QED) is 0.382. The van der Waals surface area contributed by atoms with Crippen molar-refractivity contribution in [3.05, 3.63) is 24.4 Å². The van der Waals surface area contributed by atoms with E-state index in [0.29, 0.717) is 6.42 Å². The topological polar surface area (TPSA) is 42.0 Å². The molecule has 0 aliphatic heterocycles. The summed E-state index contributed by atoms with van der Waals surface area (Å²) in [5.74, 6) is 1.91. The Kier molecular flexibility index (Phi) is 9.57. The molecule has 1 N–H and O–H groups in total. The molecule has 0 bridgehead atoms. The standard InChI is InChI=1S/C18H28N2OS2/c21-17(12-15-22-23-18-11-5-6-13-20-18)19-14-7-10-16-8-3-1-2-4-9-16/h5-6,11,13,16H,1-4,7-10,12,14-15H2,(H,19,21). The summed E-state index contributed by atoms with van der Waals surface area (Å²) in [6.07, 6.45) is 13.2. The summed E-state index contributed by atoms with van der Waals surface area (Å²) in [7, 11) is 3.33. The average molecular weight is 353 g/mol. The lowest BCUT2D eigenvalue weighted by atomic mass is 9.95. The highest BCUT2D eigenvalue weighted by Crippen LogP contribution is 2.29. The predicted octanol–water partition coefficient (Wildman–Crippen LogP) is 5.08. The van der Waals surface area contributed by atoms with Crippen LogP contribution < -0.4 is 5.32 Å². The number of carbonyl (C=O) groups excluding carboxylic acids is 1. The monoisotopic (exact) mass is 352 g/mol. The molecule has 1 aromatic rings. The lowest BCUT2D eigenvalue weighted by molar-refractivity contribution is -0.120. The summed E-state index contributed by atoms with van der Waals surface area (Å²) in [5.41, 5.74) is 0. The third-order valence-corrected chi connectivity index (χ3v) is 6.55. The number of nitrogens with zero attached hydrogens (tertiary/aromatic N) is 1. The fourth-order valence-corrected chi connectivity index (χ4v) is 4.86. The Morgan fingerprint density at radius 2 is 2.04 bits per heavy atom. The van der Waals surface area contributed by atoms with E-state index >= 15 is 0 Å². The van der Waals surface area contributed by atoms with Gasteiger partial charge in [0.1, 0.15) is 5.03 Å². The molecule has 5 heteroatoms. The van der Waals surface area contributed by atoms with E-state index in [9.17, 15) is 4.79 Å². The lowest BCUT2D eigenvalue weighted by Crippen LogP contribution is -2.25. The first-order valence-corrected chi connectivity index (χ1v) is 11.1. The number of hydrogen-bond donors (Lipinski definition) is 1. The zero-order valence-corrected chi connectivity index (χ0v) is 15.5. The van der Waals surface area contributed by atoms with Gasteiger partial charge in [-0.05, 0) is 41.7 Å². The molecule has 1 aliphatic rings. The van der Waals surface area contributed by atoms with Crippen molar-refractivity contribution in [3.63, 3.8) is 0 Å². The number of pyridine rings is 1. The van der Waals surface area contributed by atoms with Gasteiger partial charge in [0.15, 0.2) is 0 Å². The molecular formula is C18H28N2OS2. The minimum absolute atomic E-state index is 0.181. The second kappa shape index (κ2) is 11.8. The molecule has 128 valence electrons. The summed E-state index contributed by atoms with van der Waals surface area (Å²) < 4.78 is 0. The zero-order chi connectivity index (χ0) is 16.2. The van der Waals surface area contributed by atoms with E-state index in [1.165, 1.54) is 44.9 Å². The van der Waals surface area contributed by atoms with Crippen molar-refractivity contribution >= 4 is 27.5 Å². The highest BCUT2D eigenvalue weighted by atomic mass is 33.1.